The van der Waals surface area contributed by atoms with Crippen LogP contribution in [0.2, 0.25) is 0 Å². The van der Waals surface area contributed by atoms with Crippen LogP contribution < -0.4 is 5.43 Å². The van der Waals surface area contributed by atoms with E-state index in [1.165, 1.54) is 6.07 Å². The summed E-state index contributed by atoms with van der Waals surface area (Å²) in [5.74, 6) is -1.56. The summed E-state index contributed by atoms with van der Waals surface area (Å²) < 4.78 is 41.7. The molecule has 0 bridgehead atoms. The molecule has 8 heteroatoms. The maximum Gasteiger partial charge on any atom is 0.449 e. The molecule has 0 aliphatic heterocycles. The van der Waals surface area contributed by atoms with Gasteiger partial charge >= 0.3 is 11.9 Å². The van der Waals surface area contributed by atoms with Gasteiger partial charge in [-0.1, -0.05) is 6.07 Å². The van der Waals surface area contributed by atoms with E-state index in [9.17, 15) is 28.1 Å². The van der Waals surface area contributed by atoms with Crippen molar-refractivity contribution < 1.29 is 22.5 Å². The van der Waals surface area contributed by atoms with Gasteiger partial charge in [0.2, 0.25) is 11.3 Å². The molecule has 2 rings (SSSR count). The fourth-order valence-electron chi connectivity index (χ4n) is 1.45. The van der Waals surface area contributed by atoms with Gasteiger partial charge in [0.1, 0.15) is 0 Å². The van der Waals surface area contributed by atoms with Crippen molar-refractivity contribution in [2.45, 2.75) is 6.18 Å². The van der Waals surface area contributed by atoms with Crippen LogP contribution in [0.5, 0.6) is 0 Å². The normalized spacial score (nSPS) is 11.7. The number of nitro benzene ring substituents is 1. The van der Waals surface area contributed by atoms with Crippen molar-refractivity contribution in [3.8, 4) is 0 Å². The van der Waals surface area contributed by atoms with Gasteiger partial charge in [-0.2, -0.15) is 13.2 Å². The topological polar surface area (TPSA) is 73.3 Å². The Morgan fingerprint density at radius 2 is 1.94 bits per heavy atom. The maximum absolute atomic E-state index is 12.4. The average Bonchev–Trinajstić information content (AvgIpc) is 2.26. The number of hydrogen-bond acceptors (Lipinski definition) is 4. The van der Waals surface area contributed by atoms with Crippen LogP contribution in [-0.2, 0) is 6.18 Å². The van der Waals surface area contributed by atoms with Crippen molar-refractivity contribution in [2.24, 2.45) is 0 Å². The predicted molar refractivity (Wildman–Crippen MR) is 54.1 cm³/mol. The average molecular weight is 259 g/mol. The van der Waals surface area contributed by atoms with E-state index in [2.05, 4.69) is 4.42 Å². The zero-order chi connectivity index (χ0) is 13.5. The van der Waals surface area contributed by atoms with Gasteiger partial charge in [-0.15, -0.1) is 0 Å². The van der Waals surface area contributed by atoms with E-state index in [1.807, 2.05) is 0 Å². The summed E-state index contributed by atoms with van der Waals surface area (Å²) in [5.41, 5.74) is -2.34. The van der Waals surface area contributed by atoms with Crippen molar-refractivity contribution in [1.82, 2.24) is 0 Å². The summed E-state index contributed by atoms with van der Waals surface area (Å²) in [7, 11) is 0. The van der Waals surface area contributed by atoms with E-state index < -0.39 is 33.6 Å². The Balaban J connectivity index is 2.89. The Hall–Kier alpha value is -2.38. The number of non-ortho nitro benzene ring substituents is 1. The standard InChI is InChI=1S/C10H4F3NO4/c11-10(12,13)8-4-7(15)5-2-1-3-6(14(16)17)9(5)18-8/h1-4H. The van der Waals surface area contributed by atoms with Crippen LogP contribution >= 0.6 is 0 Å². The van der Waals surface area contributed by atoms with Gasteiger partial charge in [-0.05, 0) is 6.07 Å². The van der Waals surface area contributed by atoms with E-state index >= 15 is 0 Å². The van der Waals surface area contributed by atoms with E-state index in [0.29, 0.717) is 0 Å². The van der Waals surface area contributed by atoms with E-state index in [0.717, 1.165) is 12.1 Å². The minimum absolute atomic E-state index is 0.266. The number of alkyl halides is 3. The third kappa shape index (κ3) is 1.92. The Labute approximate surface area is 96.6 Å². The molecule has 0 spiro atoms. The van der Waals surface area contributed by atoms with Crippen LogP contribution in [0.1, 0.15) is 5.76 Å². The summed E-state index contributed by atoms with van der Waals surface area (Å²) in [6, 6.07) is 3.59. The molecule has 0 saturated heterocycles. The minimum atomic E-state index is -4.88. The van der Waals surface area contributed by atoms with Gasteiger partial charge in [-0.3, -0.25) is 14.9 Å². The summed E-state index contributed by atoms with van der Waals surface area (Å²) in [6.45, 7) is 0. The van der Waals surface area contributed by atoms with Crippen LogP contribution in [0.3, 0.4) is 0 Å². The van der Waals surface area contributed by atoms with E-state index in [1.54, 1.807) is 0 Å². The molecule has 0 saturated carbocycles. The second-order valence-electron chi connectivity index (χ2n) is 3.38. The number of benzene rings is 1. The molecule has 0 radical (unpaired) electrons. The number of hydrogen-bond donors (Lipinski definition) is 0. The summed E-state index contributed by atoms with van der Waals surface area (Å²) >= 11 is 0. The van der Waals surface area contributed by atoms with Crippen molar-refractivity contribution in [3.05, 3.63) is 50.4 Å². The highest BCUT2D eigenvalue weighted by Gasteiger charge is 2.35. The van der Waals surface area contributed by atoms with E-state index in [4.69, 9.17) is 0 Å². The maximum atomic E-state index is 12.4. The Morgan fingerprint density at radius 3 is 2.50 bits per heavy atom. The van der Waals surface area contributed by atoms with Crippen molar-refractivity contribution >= 4 is 16.7 Å². The highest BCUT2D eigenvalue weighted by Crippen LogP contribution is 2.32. The minimum Gasteiger partial charge on any atom is -0.444 e. The third-order valence-corrected chi connectivity index (χ3v) is 2.21. The molecule has 0 aliphatic carbocycles. The van der Waals surface area contributed by atoms with Crippen LogP contribution in [-0.4, -0.2) is 4.92 Å². The van der Waals surface area contributed by atoms with Crippen LogP contribution in [0, 0.1) is 10.1 Å². The molecule has 0 atom stereocenters. The van der Waals surface area contributed by atoms with Gasteiger partial charge in [0.05, 0.1) is 10.3 Å². The summed E-state index contributed by atoms with van der Waals surface area (Å²) in [4.78, 5) is 21.2. The Morgan fingerprint density at radius 1 is 1.28 bits per heavy atom. The molecule has 5 nitrogen and oxygen atoms in total. The van der Waals surface area contributed by atoms with Crippen LogP contribution in [0.25, 0.3) is 11.0 Å². The Bertz CT molecular complexity index is 690. The molecular weight excluding hydrogens is 255 g/mol. The molecule has 0 N–H and O–H groups in total. The molecule has 0 amide bonds. The second-order valence-corrected chi connectivity index (χ2v) is 3.38. The fourth-order valence-corrected chi connectivity index (χ4v) is 1.45. The molecule has 94 valence electrons. The van der Waals surface area contributed by atoms with Gasteiger partial charge in [0, 0.05) is 12.1 Å². The largest absolute Gasteiger partial charge is 0.449 e. The molecule has 0 aliphatic rings. The highest BCUT2D eigenvalue weighted by atomic mass is 19.4. The quantitative estimate of drug-likeness (QED) is 0.583. The number of nitrogens with zero attached hydrogens (tertiary/aromatic N) is 1. The molecule has 18 heavy (non-hydrogen) atoms. The first-order chi connectivity index (χ1) is 8.30. The molecule has 0 unspecified atom stereocenters. The predicted octanol–water partition coefficient (Wildman–Crippen LogP) is 2.72. The zero-order valence-electron chi connectivity index (χ0n) is 8.52. The summed E-state index contributed by atoms with van der Waals surface area (Å²) in [5, 5.41) is 10.4. The number of para-hydroxylation sites is 1. The fraction of sp³-hybridized carbons (Fsp3) is 0.100. The number of nitro groups is 1. The smallest absolute Gasteiger partial charge is 0.444 e. The van der Waals surface area contributed by atoms with Gasteiger partial charge in [0.25, 0.3) is 0 Å². The third-order valence-electron chi connectivity index (χ3n) is 2.21. The van der Waals surface area contributed by atoms with Crippen molar-refractivity contribution in [1.29, 1.82) is 0 Å². The van der Waals surface area contributed by atoms with Crippen molar-refractivity contribution in [3.63, 3.8) is 0 Å². The SMILES string of the molecule is O=c1cc(C(F)(F)F)oc2c([N+](=O)[O-])cccc12. The number of rotatable bonds is 1. The second kappa shape index (κ2) is 3.83. The molecule has 0 fully saturated rings. The number of fused-ring (bicyclic) bond motifs is 1. The lowest BCUT2D eigenvalue weighted by molar-refractivity contribution is -0.383. The summed E-state index contributed by atoms with van der Waals surface area (Å²) in [6.07, 6.45) is -4.88. The first-order valence-electron chi connectivity index (χ1n) is 4.59. The highest BCUT2D eigenvalue weighted by molar-refractivity contribution is 5.84. The van der Waals surface area contributed by atoms with Gasteiger partial charge in [-0.25, -0.2) is 0 Å². The molecule has 2 aromatic rings. The van der Waals surface area contributed by atoms with E-state index in [-0.39, 0.29) is 11.5 Å². The molecule has 1 aromatic heterocycles. The molecule has 1 aromatic carbocycles. The monoisotopic (exact) mass is 259 g/mol. The van der Waals surface area contributed by atoms with Crippen LogP contribution in [0.15, 0.2) is 33.5 Å². The number of halogens is 3. The molecule has 1 heterocycles. The first kappa shape index (κ1) is 12.1. The molecular formula is C10H4F3NO4. The lowest BCUT2D eigenvalue weighted by Crippen LogP contribution is -2.11. The first-order valence-corrected chi connectivity index (χ1v) is 4.59. The van der Waals surface area contributed by atoms with Crippen LogP contribution in [0.4, 0.5) is 18.9 Å². The lowest BCUT2D eigenvalue weighted by atomic mass is 10.2. The van der Waals surface area contributed by atoms with Gasteiger partial charge in [0.15, 0.2) is 5.43 Å². The zero-order valence-corrected chi connectivity index (χ0v) is 8.52. The van der Waals surface area contributed by atoms with Crippen molar-refractivity contribution in [2.75, 3.05) is 0 Å². The Kier molecular flexibility index (Phi) is 2.57. The van der Waals surface area contributed by atoms with Gasteiger partial charge < -0.3 is 4.42 Å². The lowest BCUT2D eigenvalue weighted by Gasteiger charge is -2.06.